The van der Waals surface area contributed by atoms with Gasteiger partial charge in [-0.2, -0.15) is 5.10 Å². The lowest BCUT2D eigenvalue weighted by Crippen LogP contribution is -2.20. The van der Waals surface area contributed by atoms with Crippen LogP contribution in [0.4, 0.5) is 17.1 Å². The molecule has 0 aliphatic carbocycles. The van der Waals surface area contributed by atoms with Gasteiger partial charge in [0.1, 0.15) is 5.69 Å². The number of amides is 1. The highest BCUT2D eigenvalue weighted by atomic mass is 16.6. The van der Waals surface area contributed by atoms with Crippen molar-refractivity contribution in [3.05, 3.63) is 89.8 Å². The van der Waals surface area contributed by atoms with Crippen LogP contribution < -0.4 is 5.43 Å². The number of nitrogens with one attached hydrogen (secondary N) is 1. The van der Waals surface area contributed by atoms with Gasteiger partial charge in [-0.25, -0.2) is 10.1 Å². The number of carbonyl (C=O) groups is 1. The zero-order valence-corrected chi connectivity index (χ0v) is 17.0. The van der Waals surface area contributed by atoms with Crippen molar-refractivity contribution in [1.82, 2.24) is 20.4 Å². The maximum absolute atomic E-state index is 12.4. The van der Waals surface area contributed by atoms with Gasteiger partial charge in [0.25, 0.3) is 23.0 Å². The van der Waals surface area contributed by atoms with Gasteiger partial charge in [0.15, 0.2) is 0 Å². The van der Waals surface area contributed by atoms with E-state index < -0.39 is 32.1 Å². The van der Waals surface area contributed by atoms with Crippen LogP contribution in [0.5, 0.6) is 0 Å². The Bertz CT molecular complexity index is 1300. The van der Waals surface area contributed by atoms with Crippen molar-refractivity contribution < 1.29 is 19.6 Å². The van der Waals surface area contributed by atoms with Crippen LogP contribution in [0.3, 0.4) is 0 Å². The van der Waals surface area contributed by atoms with Gasteiger partial charge in [-0.3, -0.25) is 35.1 Å². The molecule has 15 heteroatoms. The van der Waals surface area contributed by atoms with Crippen LogP contribution in [-0.2, 0) is 0 Å². The van der Waals surface area contributed by atoms with Gasteiger partial charge in [0, 0.05) is 24.3 Å². The average Bonchev–Trinajstić information content (AvgIpc) is 3.18. The van der Waals surface area contributed by atoms with Crippen LogP contribution in [0.2, 0.25) is 0 Å². The normalized spacial score (nSPS) is 11.2. The van der Waals surface area contributed by atoms with Crippen LogP contribution in [-0.4, -0.2) is 41.4 Å². The molecule has 168 valence electrons. The first-order valence-corrected chi connectivity index (χ1v) is 9.04. The lowest BCUT2D eigenvalue weighted by Gasteiger charge is -2.04. The molecule has 0 saturated heterocycles. The zero-order valence-electron chi connectivity index (χ0n) is 17.0. The smallest absolute Gasteiger partial charge is 0.267 e. The molecule has 0 spiro atoms. The van der Waals surface area contributed by atoms with Crippen molar-refractivity contribution in [2.45, 2.75) is 13.8 Å². The minimum atomic E-state index is -0.912. The minimum absolute atomic E-state index is 0.132. The van der Waals surface area contributed by atoms with Crippen molar-refractivity contribution in [3.8, 4) is 5.69 Å². The summed E-state index contributed by atoms with van der Waals surface area (Å²) in [4.78, 5) is 43.1. The fraction of sp³-hybridized carbons (Fsp3) is 0.111. The topological polar surface area (TPSA) is 202 Å². The Hall–Kier alpha value is -5.08. The Kier molecular flexibility index (Phi) is 6.14. The number of hydrogen-bond donors (Lipinski definition) is 1. The Morgan fingerprint density at radius 3 is 2.15 bits per heavy atom. The molecular weight excluding hydrogens is 440 g/mol. The summed E-state index contributed by atoms with van der Waals surface area (Å²) in [6.07, 6.45) is 0. The fourth-order valence-electron chi connectivity index (χ4n) is 2.84. The van der Waals surface area contributed by atoms with Crippen molar-refractivity contribution in [1.29, 1.82) is 0 Å². The van der Waals surface area contributed by atoms with E-state index in [2.05, 4.69) is 20.8 Å². The van der Waals surface area contributed by atoms with Crippen molar-refractivity contribution in [3.63, 3.8) is 0 Å². The van der Waals surface area contributed by atoms with Crippen molar-refractivity contribution in [2.24, 2.45) is 5.10 Å². The van der Waals surface area contributed by atoms with Crippen molar-refractivity contribution >= 4 is 28.7 Å². The molecule has 33 heavy (non-hydrogen) atoms. The standard InChI is InChI=1S/C18H14N8O7/c1-10(17-11(2)23(22-20-17)13-4-3-5-14(8-13)24(28)29)19-21-18(27)12-6-15(25(30)31)9-16(7-12)26(32)33/h3-9H,1-2H3,(H,21,27). The lowest BCUT2D eigenvalue weighted by molar-refractivity contribution is -0.394. The first kappa shape index (κ1) is 22.6. The Morgan fingerprint density at radius 1 is 0.970 bits per heavy atom. The first-order valence-electron chi connectivity index (χ1n) is 9.04. The van der Waals surface area contributed by atoms with E-state index in [-0.39, 0.29) is 22.7 Å². The Labute approximate surface area is 183 Å². The zero-order chi connectivity index (χ0) is 24.3. The molecule has 0 fully saturated rings. The van der Waals surface area contributed by atoms with E-state index in [9.17, 15) is 35.1 Å². The molecule has 0 aliphatic heterocycles. The van der Waals surface area contributed by atoms with Crippen LogP contribution >= 0.6 is 0 Å². The Balaban J connectivity index is 1.86. The van der Waals surface area contributed by atoms with Gasteiger partial charge in [0.2, 0.25) is 0 Å². The molecule has 3 rings (SSSR count). The lowest BCUT2D eigenvalue weighted by atomic mass is 10.1. The highest BCUT2D eigenvalue weighted by Gasteiger charge is 2.20. The summed E-state index contributed by atoms with van der Waals surface area (Å²) < 4.78 is 1.35. The fourth-order valence-corrected chi connectivity index (χ4v) is 2.84. The number of non-ortho nitro benzene ring substituents is 3. The summed E-state index contributed by atoms with van der Waals surface area (Å²) in [6, 6.07) is 8.25. The van der Waals surface area contributed by atoms with E-state index >= 15 is 0 Å². The Morgan fingerprint density at radius 2 is 1.58 bits per heavy atom. The molecule has 15 nitrogen and oxygen atoms in total. The van der Waals surface area contributed by atoms with E-state index in [0.29, 0.717) is 11.4 Å². The SMILES string of the molecule is CC(=NNC(=O)c1cc([N+](=O)[O-])cc([N+](=O)[O-])c1)c1nnn(-c2cccc([N+](=O)[O-])c2)c1C. The van der Waals surface area contributed by atoms with Crippen LogP contribution in [0.1, 0.15) is 28.7 Å². The van der Waals surface area contributed by atoms with E-state index in [4.69, 9.17) is 0 Å². The maximum atomic E-state index is 12.4. The number of nitro groups is 3. The number of rotatable bonds is 7. The van der Waals surface area contributed by atoms with E-state index in [1.165, 1.54) is 29.8 Å². The maximum Gasteiger partial charge on any atom is 0.277 e. The highest BCUT2D eigenvalue weighted by Crippen LogP contribution is 2.23. The molecule has 2 aromatic carbocycles. The quantitative estimate of drug-likeness (QED) is 0.316. The third-order valence-electron chi connectivity index (χ3n) is 4.43. The summed E-state index contributed by atoms with van der Waals surface area (Å²) in [5, 5.41) is 44.8. The van der Waals surface area contributed by atoms with Gasteiger partial charge in [-0.15, -0.1) is 5.10 Å². The number of nitro benzene ring substituents is 3. The molecule has 0 unspecified atom stereocenters. The van der Waals surface area contributed by atoms with Gasteiger partial charge >= 0.3 is 0 Å². The summed E-state index contributed by atoms with van der Waals surface area (Å²) in [6.45, 7) is 3.14. The summed E-state index contributed by atoms with van der Waals surface area (Å²) in [5.74, 6) is -0.912. The van der Waals surface area contributed by atoms with E-state index in [0.717, 1.165) is 18.2 Å². The predicted molar refractivity (Wildman–Crippen MR) is 112 cm³/mol. The molecular formula is C18H14N8O7. The minimum Gasteiger partial charge on any atom is -0.267 e. The highest BCUT2D eigenvalue weighted by molar-refractivity contribution is 6.00. The molecule has 0 saturated carbocycles. The van der Waals surface area contributed by atoms with Gasteiger partial charge in [0.05, 0.1) is 43.5 Å². The number of benzene rings is 2. The molecule has 1 heterocycles. The van der Waals surface area contributed by atoms with Crippen LogP contribution in [0, 0.1) is 37.3 Å². The van der Waals surface area contributed by atoms with Crippen LogP contribution in [0.15, 0.2) is 47.6 Å². The third-order valence-corrected chi connectivity index (χ3v) is 4.43. The first-order chi connectivity index (χ1) is 15.6. The third kappa shape index (κ3) is 4.82. The number of aromatic nitrogens is 3. The van der Waals surface area contributed by atoms with E-state index in [1.807, 2.05) is 0 Å². The predicted octanol–water partition coefficient (Wildman–Crippen LogP) is 2.45. The molecule has 3 aromatic rings. The molecule has 0 atom stereocenters. The van der Waals surface area contributed by atoms with Gasteiger partial charge in [-0.05, 0) is 19.9 Å². The van der Waals surface area contributed by atoms with Gasteiger partial charge < -0.3 is 0 Å². The number of carbonyl (C=O) groups excluding carboxylic acids is 1. The molecule has 0 aliphatic rings. The second kappa shape index (κ2) is 8.96. The number of nitrogens with zero attached hydrogens (tertiary/aromatic N) is 7. The largest absolute Gasteiger partial charge is 0.277 e. The van der Waals surface area contributed by atoms with Crippen molar-refractivity contribution in [2.75, 3.05) is 0 Å². The number of hydrazone groups is 1. The molecule has 0 radical (unpaired) electrons. The molecule has 1 amide bonds. The van der Waals surface area contributed by atoms with Gasteiger partial charge in [-0.1, -0.05) is 11.3 Å². The summed E-state index contributed by atoms with van der Waals surface area (Å²) in [5.41, 5.74) is 1.80. The second-order valence-corrected chi connectivity index (χ2v) is 6.60. The molecule has 0 bridgehead atoms. The van der Waals surface area contributed by atoms with Crippen LogP contribution in [0.25, 0.3) is 5.69 Å². The summed E-state index contributed by atoms with van der Waals surface area (Å²) in [7, 11) is 0. The monoisotopic (exact) mass is 454 g/mol. The molecule has 1 aromatic heterocycles. The second-order valence-electron chi connectivity index (χ2n) is 6.60. The summed E-state index contributed by atoms with van der Waals surface area (Å²) >= 11 is 0. The van der Waals surface area contributed by atoms with E-state index in [1.54, 1.807) is 13.0 Å². The number of hydrogen-bond acceptors (Lipinski definition) is 10. The molecule has 1 N–H and O–H groups in total. The average molecular weight is 454 g/mol.